The molecule has 0 saturated carbocycles. The molecule has 102 valence electrons. The summed E-state index contributed by atoms with van der Waals surface area (Å²) in [5.74, 6) is -0.140. The van der Waals surface area contributed by atoms with E-state index in [4.69, 9.17) is 0 Å². The molecule has 0 aliphatic carbocycles. The van der Waals surface area contributed by atoms with Crippen LogP contribution >= 0.6 is 0 Å². The summed E-state index contributed by atoms with van der Waals surface area (Å²) in [6.07, 6.45) is 6.81. The molecule has 0 aliphatic heterocycles. The van der Waals surface area contributed by atoms with E-state index in [0.29, 0.717) is 5.56 Å². The van der Waals surface area contributed by atoms with Gasteiger partial charge in [-0.1, -0.05) is 18.2 Å². The fourth-order valence-corrected chi connectivity index (χ4v) is 1.99. The third kappa shape index (κ3) is 3.12. The van der Waals surface area contributed by atoms with Crippen LogP contribution in [0.4, 0.5) is 5.69 Å². The van der Waals surface area contributed by atoms with Crippen molar-refractivity contribution in [2.45, 2.75) is 0 Å². The molecule has 0 spiro atoms. The molecule has 0 aliphatic rings. The molecular formula is C17H13N3O. The number of hydrogen-bond donors (Lipinski definition) is 1. The maximum Gasteiger partial charge on any atom is 0.255 e. The van der Waals surface area contributed by atoms with Crippen LogP contribution in [0, 0.1) is 0 Å². The summed E-state index contributed by atoms with van der Waals surface area (Å²) in [7, 11) is 0. The fourth-order valence-electron chi connectivity index (χ4n) is 1.99. The Morgan fingerprint density at radius 2 is 1.57 bits per heavy atom. The molecule has 0 unspecified atom stereocenters. The van der Waals surface area contributed by atoms with Gasteiger partial charge in [-0.2, -0.15) is 0 Å². The second-order valence-electron chi connectivity index (χ2n) is 4.51. The number of anilines is 1. The Morgan fingerprint density at radius 3 is 2.24 bits per heavy atom. The highest BCUT2D eigenvalue weighted by Gasteiger charge is 2.06. The molecule has 3 aromatic rings. The second kappa shape index (κ2) is 5.96. The average Bonchev–Trinajstić information content (AvgIpc) is 2.57. The highest BCUT2D eigenvalue weighted by atomic mass is 16.1. The first-order valence-electron chi connectivity index (χ1n) is 6.55. The van der Waals surface area contributed by atoms with Crippen LogP contribution in [0.5, 0.6) is 0 Å². The summed E-state index contributed by atoms with van der Waals surface area (Å²) in [6, 6.07) is 14.8. The summed E-state index contributed by atoms with van der Waals surface area (Å²) >= 11 is 0. The number of benzene rings is 1. The molecule has 3 rings (SSSR count). The van der Waals surface area contributed by atoms with Crippen molar-refractivity contribution in [3.05, 3.63) is 78.9 Å². The van der Waals surface area contributed by atoms with E-state index in [1.54, 1.807) is 49.1 Å². The molecule has 0 atom stereocenters. The maximum atomic E-state index is 12.1. The zero-order chi connectivity index (χ0) is 14.5. The van der Waals surface area contributed by atoms with E-state index in [1.165, 1.54) is 0 Å². The lowest BCUT2D eigenvalue weighted by atomic mass is 10.1. The lowest BCUT2D eigenvalue weighted by Crippen LogP contribution is -2.11. The molecule has 0 fully saturated rings. The van der Waals surface area contributed by atoms with Crippen LogP contribution in [0.25, 0.3) is 11.1 Å². The highest BCUT2D eigenvalue weighted by molar-refractivity contribution is 6.04. The van der Waals surface area contributed by atoms with E-state index in [1.807, 2.05) is 24.3 Å². The lowest BCUT2D eigenvalue weighted by Gasteiger charge is -2.06. The predicted molar refractivity (Wildman–Crippen MR) is 81.9 cm³/mol. The molecule has 1 amide bonds. The Bertz CT molecular complexity index is 725. The van der Waals surface area contributed by atoms with Crippen molar-refractivity contribution in [3.63, 3.8) is 0 Å². The van der Waals surface area contributed by atoms with Gasteiger partial charge in [0.05, 0.1) is 0 Å². The molecule has 0 saturated heterocycles. The van der Waals surface area contributed by atoms with Crippen LogP contribution in [-0.2, 0) is 0 Å². The quantitative estimate of drug-likeness (QED) is 0.797. The van der Waals surface area contributed by atoms with Gasteiger partial charge in [0.15, 0.2) is 0 Å². The number of nitrogens with one attached hydrogen (secondary N) is 1. The first-order chi connectivity index (χ1) is 10.3. The van der Waals surface area contributed by atoms with E-state index >= 15 is 0 Å². The van der Waals surface area contributed by atoms with Crippen LogP contribution in [0.3, 0.4) is 0 Å². The molecule has 4 nitrogen and oxygen atoms in total. The zero-order valence-corrected chi connectivity index (χ0v) is 11.2. The third-order valence-corrected chi connectivity index (χ3v) is 3.08. The van der Waals surface area contributed by atoms with Crippen LogP contribution < -0.4 is 5.32 Å². The van der Waals surface area contributed by atoms with Crippen molar-refractivity contribution in [2.24, 2.45) is 0 Å². The monoisotopic (exact) mass is 275 g/mol. The van der Waals surface area contributed by atoms with Crippen molar-refractivity contribution in [3.8, 4) is 11.1 Å². The topological polar surface area (TPSA) is 54.9 Å². The normalized spacial score (nSPS) is 10.1. The second-order valence-corrected chi connectivity index (χ2v) is 4.51. The number of aromatic nitrogens is 2. The van der Waals surface area contributed by atoms with E-state index in [9.17, 15) is 4.79 Å². The molecular weight excluding hydrogens is 262 g/mol. The Hall–Kier alpha value is -3.01. The van der Waals surface area contributed by atoms with Gasteiger partial charge in [0, 0.05) is 36.0 Å². The van der Waals surface area contributed by atoms with Crippen molar-refractivity contribution >= 4 is 11.6 Å². The first kappa shape index (κ1) is 13.0. The SMILES string of the molecule is O=C(Nc1ccncc1)c1ccc(-c2cccnc2)cc1. The van der Waals surface area contributed by atoms with Crippen LogP contribution in [0.1, 0.15) is 10.4 Å². The lowest BCUT2D eigenvalue weighted by molar-refractivity contribution is 0.102. The largest absolute Gasteiger partial charge is 0.322 e. The van der Waals surface area contributed by atoms with Gasteiger partial charge in [-0.25, -0.2) is 0 Å². The Morgan fingerprint density at radius 1 is 0.810 bits per heavy atom. The fraction of sp³-hybridized carbons (Fsp3) is 0. The molecule has 0 bridgehead atoms. The van der Waals surface area contributed by atoms with Gasteiger partial charge >= 0.3 is 0 Å². The minimum Gasteiger partial charge on any atom is -0.322 e. The summed E-state index contributed by atoms with van der Waals surface area (Å²) in [5.41, 5.74) is 3.40. The van der Waals surface area contributed by atoms with Crippen molar-refractivity contribution in [2.75, 3.05) is 5.32 Å². The van der Waals surface area contributed by atoms with Crippen LogP contribution in [0.2, 0.25) is 0 Å². The maximum absolute atomic E-state index is 12.1. The number of amides is 1. The van der Waals surface area contributed by atoms with E-state index in [-0.39, 0.29) is 5.91 Å². The molecule has 4 heteroatoms. The first-order valence-corrected chi connectivity index (χ1v) is 6.55. The Balaban J connectivity index is 1.77. The molecule has 2 heterocycles. The molecule has 21 heavy (non-hydrogen) atoms. The zero-order valence-electron chi connectivity index (χ0n) is 11.2. The van der Waals surface area contributed by atoms with Crippen molar-refractivity contribution in [1.29, 1.82) is 0 Å². The number of carbonyl (C=O) groups is 1. The van der Waals surface area contributed by atoms with Crippen molar-refractivity contribution in [1.82, 2.24) is 9.97 Å². The van der Waals surface area contributed by atoms with Gasteiger partial charge in [-0.05, 0) is 41.5 Å². The number of pyridine rings is 2. The Labute approximate surface area is 122 Å². The molecule has 2 aromatic heterocycles. The van der Waals surface area contributed by atoms with Gasteiger partial charge in [0.2, 0.25) is 0 Å². The summed E-state index contributed by atoms with van der Waals surface area (Å²) in [5, 5.41) is 2.83. The average molecular weight is 275 g/mol. The number of rotatable bonds is 3. The number of nitrogens with zero attached hydrogens (tertiary/aromatic N) is 2. The van der Waals surface area contributed by atoms with Gasteiger partial charge < -0.3 is 5.32 Å². The van der Waals surface area contributed by atoms with Crippen molar-refractivity contribution < 1.29 is 4.79 Å². The smallest absolute Gasteiger partial charge is 0.255 e. The van der Waals surface area contributed by atoms with Crippen LogP contribution in [0.15, 0.2) is 73.3 Å². The predicted octanol–water partition coefficient (Wildman–Crippen LogP) is 3.40. The third-order valence-electron chi connectivity index (χ3n) is 3.08. The molecule has 0 radical (unpaired) electrons. The molecule has 1 aromatic carbocycles. The number of hydrogen-bond acceptors (Lipinski definition) is 3. The minimum absolute atomic E-state index is 0.140. The van der Waals surface area contributed by atoms with Gasteiger partial charge in [-0.15, -0.1) is 0 Å². The standard InChI is InChI=1S/C17H13N3O/c21-17(20-16-7-10-18-11-8-16)14-5-3-13(4-6-14)15-2-1-9-19-12-15/h1-12H,(H,18,20,21). The summed E-state index contributed by atoms with van der Waals surface area (Å²) in [6.45, 7) is 0. The van der Waals surface area contributed by atoms with E-state index in [0.717, 1.165) is 16.8 Å². The highest BCUT2D eigenvalue weighted by Crippen LogP contribution is 2.18. The Kier molecular flexibility index (Phi) is 3.69. The van der Waals surface area contributed by atoms with Gasteiger partial charge in [0.1, 0.15) is 0 Å². The summed E-state index contributed by atoms with van der Waals surface area (Å²) in [4.78, 5) is 20.1. The summed E-state index contributed by atoms with van der Waals surface area (Å²) < 4.78 is 0. The molecule has 1 N–H and O–H groups in total. The van der Waals surface area contributed by atoms with Gasteiger partial charge in [0.25, 0.3) is 5.91 Å². The number of carbonyl (C=O) groups excluding carboxylic acids is 1. The van der Waals surface area contributed by atoms with Gasteiger partial charge in [-0.3, -0.25) is 14.8 Å². The van der Waals surface area contributed by atoms with Crippen LogP contribution in [-0.4, -0.2) is 15.9 Å². The van der Waals surface area contributed by atoms with E-state index < -0.39 is 0 Å². The van der Waals surface area contributed by atoms with E-state index in [2.05, 4.69) is 15.3 Å². The minimum atomic E-state index is -0.140.